The molecular weight excluding hydrogens is 286 g/mol. The minimum atomic E-state index is -0.102. The second-order valence-corrected chi connectivity index (χ2v) is 6.98. The molecule has 21 heavy (non-hydrogen) atoms. The lowest BCUT2D eigenvalue weighted by Gasteiger charge is -2.26. The highest BCUT2D eigenvalue weighted by molar-refractivity contribution is 6.20. The molecule has 1 aliphatic rings. The summed E-state index contributed by atoms with van der Waals surface area (Å²) in [7, 11) is 4.19. The van der Waals surface area contributed by atoms with E-state index >= 15 is 0 Å². The van der Waals surface area contributed by atoms with Crippen LogP contribution in [0, 0.1) is 6.92 Å². The van der Waals surface area contributed by atoms with Crippen LogP contribution in [0.15, 0.2) is 0 Å². The molecule has 0 aromatic carbocycles. The Morgan fingerprint density at radius 1 is 1.38 bits per heavy atom. The van der Waals surface area contributed by atoms with Gasteiger partial charge in [0.1, 0.15) is 11.3 Å². The Bertz CT molecular complexity index is 653. The molecule has 0 N–H and O–H groups in total. The molecule has 0 saturated heterocycles. The van der Waals surface area contributed by atoms with E-state index in [1.165, 1.54) is 12.8 Å². The number of halogens is 1. The Hall–Kier alpha value is -1.07. The van der Waals surface area contributed by atoms with Crippen molar-refractivity contribution < 1.29 is 0 Å². The average molecular weight is 310 g/mol. The summed E-state index contributed by atoms with van der Waals surface area (Å²) >= 11 is 6.35. The van der Waals surface area contributed by atoms with Crippen LogP contribution in [0.1, 0.15) is 43.6 Å². The maximum absolute atomic E-state index is 6.35. The van der Waals surface area contributed by atoms with Crippen LogP contribution in [-0.4, -0.2) is 43.4 Å². The van der Waals surface area contributed by atoms with Crippen molar-refractivity contribution in [2.75, 3.05) is 7.05 Å². The molecule has 1 fully saturated rings. The van der Waals surface area contributed by atoms with E-state index in [1.807, 2.05) is 25.6 Å². The molecule has 0 radical (unpaired) electrons. The van der Waals surface area contributed by atoms with Gasteiger partial charge in [0.25, 0.3) is 0 Å². The number of aromatic nitrogens is 4. The number of likely N-dealkylation sites (N-methyl/N-ethyl adjacent to an activating group) is 1. The van der Waals surface area contributed by atoms with Crippen LogP contribution in [0.25, 0.3) is 11.2 Å². The molecule has 0 aliphatic heterocycles. The third-order valence-electron chi connectivity index (χ3n) is 4.54. The van der Waals surface area contributed by atoms with E-state index in [-0.39, 0.29) is 5.38 Å². The number of fused-ring (bicyclic) bond motifs is 1. The summed E-state index contributed by atoms with van der Waals surface area (Å²) in [5.41, 5.74) is 3.01. The lowest BCUT2D eigenvalue weighted by atomic mass is 10.2. The number of aryl methyl sites for hydroxylation is 2. The van der Waals surface area contributed by atoms with Crippen molar-refractivity contribution in [2.45, 2.75) is 57.6 Å². The van der Waals surface area contributed by atoms with Gasteiger partial charge >= 0.3 is 0 Å². The minimum absolute atomic E-state index is 0.102. The quantitative estimate of drug-likeness (QED) is 0.797. The second kappa shape index (κ2) is 5.29. The van der Waals surface area contributed by atoms with E-state index in [0.717, 1.165) is 35.3 Å². The number of hydrogen-bond donors (Lipinski definition) is 0. The minimum Gasteiger partial charge on any atom is -0.310 e. The zero-order valence-electron chi connectivity index (χ0n) is 13.5. The molecular formula is C15H24ClN5. The van der Waals surface area contributed by atoms with Crippen LogP contribution in [0.3, 0.4) is 0 Å². The Kier molecular flexibility index (Phi) is 3.74. The van der Waals surface area contributed by atoms with Gasteiger partial charge in [0.15, 0.2) is 5.65 Å². The predicted octanol–water partition coefficient (Wildman–Crippen LogP) is 2.86. The summed E-state index contributed by atoms with van der Waals surface area (Å²) in [6.07, 6.45) is 2.65. The van der Waals surface area contributed by atoms with Crippen LogP contribution >= 0.6 is 11.6 Å². The third-order valence-corrected chi connectivity index (χ3v) is 4.74. The van der Waals surface area contributed by atoms with Crippen molar-refractivity contribution in [3.63, 3.8) is 0 Å². The van der Waals surface area contributed by atoms with Crippen molar-refractivity contribution >= 4 is 22.8 Å². The summed E-state index contributed by atoms with van der Waals surface area (Å²) < 4.78 is 4.17. The van der Waals surface area contributed by atoms with Crippen molar-refractivity contribution in [2.24, 2.45) is 7.05 Å². The van der Waals surface area contributed by atoms with Gasteiger partial charge in [-0.1, -0.05) is 0 Å². The van der Waals surface area contributed by atoms with Crippen LogP contribution in [0.2, 0.25) is 0 Å². The molecule has 116 valence electrons. The zero-order valence-corrected chi connectivity index (χ0v) is 14.2. The van der Waals surface area contributed by atoms with Gasteiger partial charge in [-0.2, -0.15) is 5.10 Å². The number of nitrogens with zero attached hydrogens (tertiary/aromatic N) is 5. The van der Waals surface area contributed by atoms with Gasteiger partial charge in [-0.25, -0.2) is 4.98 Å². The molecule has 2 aromatic rings. The fourth-order valence-corrected chi connectivity index (χ4v) is 3.24. The summed E-state index contributed by atoms with van der Waals surface area (Å²) in [4.78, 5) is 7.20. The Morgan fingerprint density at radius 3 is 2.62 bits per heavy atom. The maximum atomic E-state index is 6.35. The van der Waals surface area contributed by atoms with Gasteiger partial charge in [-0.15, -0.1) is 11.6 Å². The normalized spacial score (nSPS) is 18.6. The number of rotatable bonds is 5. The van der Waals surface area contributed by atoms with Gasteiger partial charge in [-0.05, 0) is 40.7 Å². The van der Waals surface area contributed by atoms with Gasteiger partial charge in [0.2, 0.25) is 0 Å². The first-order valence-electron chi connectivity index (χ1n) is 7.66. The Balaban J connectivity index is 2.00. The molecule has 3 rings (SSSR count). The zero-order chi connectivity index (χ0) is 15.3. The molecule has 2 unspecified atom stereocenters. The van der Waals surface area contributed by atoms with Crippen LogP contribution in [0.4, 0.5) is 0 Å². The molecule has 0 amide bonds. The summed E-state index contributed by atoms with van der Waals surface area (Å²) in [5.74, 6) is 0.943. The molecule has 0 spiro atoms. The first kappa shape index (κ1) is 14.9. The van der Waals surface area contributed by atoms with E-state index in [0.29, 0.717) is 6.04 Å². The smallest absolute Gasteiger partial charge is 0.158 e. The highest BCUT2D eigenvalue weighted by atomic mass is 35.5. The SMILES string of the molecule is Cc1nn(C)c2c1nc(C(C)Cl)n2CC(C)N(C)C1CC1. The van der Waals surface area contributed by atoms with E-state index in [1.54, 1.807) is 0 Å². The second-order valence-electron chi connectivity index (χ2n) is 6.32. The highest BCUT2D eigenvalue weighted by Gasteiger charge is 2.30. The monoisotopic (exact) mass is 309 g/mol. The van der Waals surface area contributed by atoms with Crippen LogP contribution in [0.5, 0.6) is 0 Å². The predicted molar refractivity (Wildman–Crippen MR) is 85.8 cm³/mol. The third kappa shape index (κ3) is 2.57. The first-order chi connectivity index (χ1) is 9.90. The van der Waals surface area contributed by atoms with Crippen LogP contribution in [-0.2, 0) is 13.6 Å². The van der Waals surface area contributed by atoms with Crippen molar-refractivity contribution in [3.8, 4) is 0 Å². The molecule has 6 heteroatoms. The van der Waals surface area contributed by atoms with Crippen molar-refractivity contribution in [1.29, 1.82) is 0 Å². The molecule has 5 nitrogen and oxygen atoms in total. The maximum Gasteiger partial charge on any atom is 0.158 e. The molecule has 2 atom stereocenters. The lowest BCUT2D eigenvalue weighted by Crippen LogP contribution is -2.35. The number of alkyl halides is 1. The van der Waals surface area contributed by atoms with Gasteiger partial charge in [-0.3, -0.25) is 9.58 Å². The van der Waals surface area contributed by atoms with E-state index < -0.39 is 0 Å². The Morgan fingerprint density at radius 2 is 2.05 bits per heavy atom. The van der Waals surface area contributed by atoms with Gasteiger partial charge < -0.3 is 4.57 Å². The van der Waals surface area contributed by atoms with E-state index in [4.69, 9.17) is 16.6 Å². The molecule has 1 saturated carbocycles. The standard InChI is InChI=1S/C15H24ClN5/c1-9(19(4)12-6-7-12)8-21-14(10(2)16)17-13-11(3)18-20(5)15(13)21/h9-10,12H,6-8H2,1-5H3. The number of hydrogen-bond acceptors (Lipinski definition) is 3. The van der Waals surface area contributed by atoms with E-state index in [9.17, 15) is 0 Å². The molecule has 0 bridgehead atoms. The summed E-state index contributed by atoms with van der Waals surface area (Å²) in [5, 5.41) is 4.39. The lowest BCUT2D eigenvalue weighted by molar-refractivity contribution is 0.225. The van der Waals surface area contributed by atoms with E-state index in [2.05, 4.69) is 28.5 Å². The average Bonchev–Trinajstić information content (AvgIpc) is 3.12. The van der Waals surface area contributed by atoms with Crippen LogP contribution < -0.4 is 0 Å². The molecule has 1 aliphatic carbocycles. The molecule has 2 aromatic heterocycles. The fraction of sp³-hybridized carbons (Fsp3) is 0.733. The number of imidazole rings is 1. The summed E-state index contributed by atoms with van der Waals surface area (Å²) in [6.45, 7) is 7.16. The van der Waals surface area contributed by atoms with Gasteiger partial charge in [0.05, 0.1) is 11.1 Å². The first-order valence-corrected chi connectivity index (χ1v) is 8.09. The molecule has 2 heterocycles. The van der Waals surface area contributed by atoms with Crippen molar-refractivity contribution in [1.82, 2.24) is 24.2 Å². The van der Waals surface area contributed by atoms with Gasteiger partial charge in [0, 0.05) is 25.7 Å². The van der Waals surface area contributed by atoms with Crippen molar-refractivity contribution in [3.05, 3.63) is 11.5 Å². The largest absolute Gasteiger partial charge is 0.310 e. The highest BCUT2D eigenvalue weighted by Crippen LogP contribution is 2.30. The summed E-state index contributed by atoms with van der Waals surface area (Å²) in [6, 6.07) is 1.21. The fourth-order valence-electron chi connectivity index (χ4n) is 3.07. The topological polar surface area (TPSA) is 38.9 Å². The Labute approximate surface area is 130 Å².